The van der Waals surface area contributed by atoms with E-state index < -0.39 is 0 Å². The number of benzene rings is 1. The summed E-state index contributed by atoms with van der Waals surface area (Å²) in [6.07, 6.45) is 8.18. The molecule has 1 N–H and O–H groups in total. The minimum absolute atomic E-state index is 0.414. The fourth-order valence-electron chi connectivity index (χ4n) is 3.99. The largest absolute Gasteiger partial charge is 0.311 e. The lowest BCUT2D eigenvalue weighted by Gasteiger charge is -2.52. The van der Waals surface area contributed by atoms with E-state index in [9.17, 15) is 0 Å². The van der Waals surface area contributed by atoms with Gasteiger partial charge in [-0.05, 0) is 37.0 Å². The Bertz CT molecular complexity index is 451. The predicted molar refractivity (Wildman–Crippen MR) is 92.4 cm³/mol. The van der Waals surface area contributed by atoms with Crippen LogP contribution in [0.5, 0.6) is 0 Å². The second-order valence-electron chi connectivity index (χ2n) is 6.78. The average Bonchev–Trinajstić information content (AvgIpc) is 2.53. The van der Waals surface area contributed by atoms with Gasteiger partial charge < -0.3 is 5.32 Å². The smallest absolute Gasteiger partial charge is 0.0338 e. The maximum absolute atomic E-state index is 3.81. The lowest BCUT2D eigenvalue weighted by molar-refractivity contribution is 0.00273. The van der Waals surface area contributed by atoms with E-state index in [4.69, 9.17) is 0 Å². The van der Waals surface area contributed by atoms with Gasteiger partial charge in [0.05, 0.1) is 0 Å². The molecule has 3 rings (SSSR count). The predicted octanol–water partition coefficient (Wildman–Crippen LogP) is 4.34. The van der Waals surface area contributed by atoms with Crippen molar-refractivity contribution in [1.82, 2.24) is 10.2 Å². The van der Waals surface area contributed by atoms with E-state index in [1.54, 1.807) is 0 Å². The molecule has 2 fully saturated rings. The summed E-state index contributed by atoms with van der Waals surface area (Å²) >= 11 is 3.54. The van der Waals surface area contributed by atoms with E-state index in [-0.39, 0.29) is 0 Å². The van der Waals surface area contributed by atoms with Crippen molar-refractivity contribution < 1.29 is 0 Å². The molecule has 1 spiro atoms. The van der Waals surface area contributed by atoms with Gasteiger partial charge in [0, 0.05) is 35.7 Å². The van der Waals surface area contributed by atoms with E-state index >= 15 is 0 Å². The van der Waals surface area contributed by atoms with Crippen molar-refractivity contribution in [3.8, 4) is 0 Å². The maximum Gasteiger partial charge on any atom is 0.0338 e. The molecule has 0 aromatic heterocycles. The van der Waals surface area contributed by atoms with Gasteiger partial charge in [-0.2, -0.15) is 0 Å². The highest BCUT2D eigenvalue weighted by Crippen LogP contribution is 2.36. The van der Waals surface area contributed by atoms with Crippen LogP contribution in [0.4, 0.5) is 0 Å². The van der Waals surface area contributed by atoms with Gasteiger partial charge in [-0.15, -0.1) is 0 Å². The standard InChI is InChI=1S/C18H27BrN2/c1-2-17-13-21(12-15-6-8-16(19)9-7-15)18(14-20-17)10-4-3-5-11-18/h6-9,17,20H,2-5,10-14H2,1H3. The van der Waals surface area contributed by atoms with Crippen molar-refractivity contribution in [2.75, 3.05) is 13.1 Å². The van der Waals surface area contributed by atoms with Crippen molar-refractivity contribution in [3.05, 3.63) is 34.3 Å². The SMILES string of the molecule is CCC1CN(Cc2ccc(Br)cc2)C2(CCCCC2)CN1. The van der Waals surface area contributed by atoms with Crippen LogP contribution in [0, 0.1) is 0 Å². The molecule has 1 saturated carbocycles. The van der Waals surface area contributed by atoms with Crippen LogP contribution >= 0.6 is 15.9 Å². The highest BCUT2D eigenvalue weighted by atomic mass is 79.9. The van der Waals surface area contributed by atoms with Crippen LogP contribution in [0.1, 0.15) is 51.0 Å². The van der Waals surface area contributed by atoms with Crippen molar-refractivity contribution in [3.63, 3.8) is 0 Å². The minimum atomic E-state index is 0.414. The number of rotatable bonds is 3. The van der Waals surface area contributed by atoms with Gasteiger partial charge in [-0.3, -0.25) is 4.90 Å². The third kappa shape index (κ3) is 3.52. The zero-order valence-electron chi connectivity index (χ0n) is 13.1. The lowest BCUT2D eigenvalue weighted by Crippen LogP contribution is -2.64. The Hall–Kier alpha value is -0.380. The van der Waals surface area contributed by atoms with Crippen LogP contribution in [0.3, 0.4) is 0 Å². The van der Waals surface area contributed by atoms with Gasteiger partial charge >= 0.3 is 0 Å². The molecule has 2 aliphatic rings. The third-order valence-electron chi connectivity index (χ3n) is 5.40. The number of piperazine rings is 1. The molecule has 0 radical (unpaired) electrons. The summed E-state index contributed by atoms with van der Waals surface area (Å²) in [6.45, 7) is 5.79. The summed E-state index contributed by atoms with van der Waals surface area (Å²) in [7, 11) is 0. The first-order chi connectivity index (χ1) is 10.2. The monoisotopic (exact) mass is 350 g/mol. The molecular formula is C18H27BrN2. The van der Waals surface area contributed by atoms with Crippen molar-refractivity contribution in [1.29, 1.82) is 0 Å². The number of nitrogens with zero attached hydrogens (tertiary/aromatic N) is 1. The molecule has 1 aliphatic carbocycles. The molecular weight excluding hydrogens is 324 g/mol. The van der Waals surface area contributed by atoms with Gasteiger partial charge in [0.1, 0.15) is 0 Å². The first-order valence-electron chi connectivity index (χ1n) is 8.45. The molecule has 3 heteroatoms. The number of halogens is 1. The van der Waals surface area contributed by atoms with Crippen molar-refractivity contribution >= 4 is 15.9 Å². The quantitative estimate of drug-likeness (QED) is 0.872. The average molecular weight is 351 g/mol. The molecule has 116 valence electrons. The maximum atomic E-state index is 3.81. The second-order valence-corrected chi connectivity index (χ2v) is 7.69. The van der Waals surface area contributed by atoms with E-state index in [0.29, 0.717) is 11.6 Å². The highest BCUT2D eigenvalue weighted by Gasteiger charge is 2.41. The molecule has 0 bridgehead atoms. The van der Waals surface area contributed by atoms with Gasteiger partial charge in [0.2, 0.25) is 0 Å². The van der Waals surface area contributed by atoms with Crippen LogP contribution in [-0.4, -0.2) is 29.6 Å². The van der Waals surface area contributed by atoms with Crippen LogP contribution in [-0.2, 0) is 6.54 Å². The summed E-state index contributed by atoms with van der Waals surface area (Å²) in [5.41, 5.74) is 1.86. The van der Waals surface area contributed by atoms with Crippen molar-refractivity contribution in [2.24, 2.45) is 0 Å². The molecule has 1 heterocycles. The Kier molecular flexibility index (Phi) is 5.03. The van der Waals surface area contributed by atoms with Gasteiger partial charge in [0.25, 0.3) is 0 Å². The Balaban J connectivity index is 1.77. The topological polar surface area (TPSA) is 15.3 Å². The highest BCUT2D eigenvalue weighted by molar-refractivity contribution is 9.10. The number of hydrogen-bond donors (Lipinski definition) is 1. The Morgan fingerprint density at radius 3 is 2.57 bits per heavy atom. The number of hydrogen-bond acceptors (Lipinski definition) is 2. The molecule has 1 saturated heterocycles. The van der Waals surface area contributed by atoms with E-state index in [2.05, 4.69) is 57.3 Å². The second kappa shape index (κ2) is 6.80. The van der Waals surface area contributed by atoms with Crippen LogP contribution in [0.25, 0.3) is 0 Å². The Morgan fingerprint density at radius 2 is 1.90 bits per heavy atom. The summed E-state index contributed by atoms with van der Waals surface area (Å²) < 4.78 is 1.17. The first-order valence-corrected chi connectivity index (χ1v) is 9.24. The molecule has 1 aliphatic heterocycles. The molecule has 1 aromatic rings. The third-order valence-corrected chi connectivity index (χ3v) is 5.92. The fourth-order valence-corrected chi connectivity index (χ4v) is 4.25. The van der Waals surface area contributed by atoms with Gasteiger partial charge in [-0.1, -0.05) is 54.2 Å². The minimum Gasteiger partial charge on any atom is -0.311 e. The molecule has 2 nitrogen and oxygen atoms in total. The lowest BCUT2D eigenvalue weighted by atomic mass is 9.78. The van der Waals surface area contributed by atoms with Crippen LogP contribution < -0.4 is 5.32 Å². The summed E-state index contributed by atoms with van der Waals surface area (Å²) in [5, 5.41) is 3.81. The molecule has 1 aromatic carbocycles. The Morgan fingerprint density at radius 1 is 1.19 bits per heavy atom. The fraction of sp³-hybridized carbons (Fsp3) is 0.667. The zero-order chi connectivity index (χ0) is 14.7. The summed E-state index contributed by atoms with van der Waals surface area (Å²) in [4.78, 5) is 2.79. The normalized spacial score (nSPS) is 26.1. The molecule has 21 heavy (non-hydrogen) atoms. The first kappa shape index (κ1) is 15.5. The number of nitrogens with one attached hydrogen (secondary N) is 1. The summed E-state index contributed by atoms with van der Waals surface area (Å²) in [6, 6.07) is 9.53. The van der Waals surface area contributed by atoms with E-state index in [1.807, 2.05) is 0 Å². The molecule has 1 atom stereocenters. The van der Waals surface area contributed by atoms with E-state index in [0.717, 1.165) is 6.54 Å². The molecule has 0 amide bonds. The van der Waals surface area contributed by atoms with Crippen molar-refractivity contribution in [2.45, 2.75) is 63.6 Å². The van der Waals surface area contributed by atoms with Crippen LogP contribution in [0.2, 0.25) is 0 Å². The molecule has 1 unspecified atom stereocenters. The Labute approximate surface area is 137 Å². The zero-order valence-corrected chi connectivity index (χ0v) is 14.7. The van der Waals surface area contributed by atoms with Gasteiger partial charge in [-0.25, -0.2) is 0 Å². The van der Waals surface area contributed by atoms with E-state index in [1.165, 1.54) is 61.7 Å². The summed E-state index contributed by atoms with van der Waals surface area (Å²) in [5.74, 6) is 0. The van der Waals surface area contributed by atoms with Gasteiger partial charge in [0.15, 0.2) is 0 Å². The van der Waals surface area contributed by atoms with Crippen LogP contribution in [0.15, 0.2) is 28.7 Å².